The average Bonchev–Trinajstić information content (AvgIpc) is 2.38. The predicted octanol–water partition coefficient (Wildman–Crippen LogP) is 1.52. The van der Waals surface area contributed by atoms with Crippen molar-refractivity contribution < 1.29 is 19.1 Å². The zero-order chi connectivity index (χ0) is 14.7. The van der Waals surface area contributed by atoms with Gasteiger partial charge < -0.3 is 4.74 Å². The molecule has 0 aromatic heterocycles. The van der Waals surface area contributed by atoms with Gasteiger partial charge in [-0.15, -0.1) is 0 Å². The van der Waals surface area contributed by atoms with E-state index in [1.165, 1.54) is 0 Å². The number of benzene rings is 1. The maximum atomic E-state index is 11.4. The molecule has 0 saturated carbocycles. The van der Waals surface area contributed by atoms with E-state index in [-0.39, 0.29) is 18.8 Å². The largest absolute Gasteiger partial charge is 0.452 e. The minimum atomic E-state index is -0.971. The van der Waals surface area contributed by atoms with Crippen LogP contribution in [-0.2, 0) is 25.5 Å². The zero-order valence-corrected chi connectivity index (χ0v) is 11.2. The molecule has 100 valence electrons. The van der Waals surface area contributed by atoms with Crippen LogP contribution in [0.4, 0.5) is 0 Å². The SMILES string of the molecule is CC(=O)C(=O)OCC(=O)Cc1ccccc1.[B]CC. The molecule has 0 N–H and O–H groups in total. The van der Waals surface area contributed by atoms with Crippen LogP contribution in [0, 0.1) is 0 Å². The Morgan fingerprint density at radius 1 is 1.16 bits per heavy atom. The van der Waals surface area contributed by atoms with Gasteiger partial charge in [-0.3, -0.25) is 9.59 Å². The van der Waals surface area contributed by atoms with Gasteiger partial charge in [-0.05, 0) is 5.56 Å². The van der Waals surface area contributed by atoms with E-state index in [1.54, 1.807) is 0 Å². The molecule has 5 heteroatoms. The van der Waals surface area contributed by atoms with Crippen molar-refractivity contribution in [3.8, 4) is 0 Å². The summed E-state index contributed by atoms with van der Waals surface area (Å²) in [5.41, 5.74) is 0.853. The van der Waals surface area contributed by atoms with Gasteiger partial charge in [0.25, 0.3) is 0 Å². The lowest BCUT2D eigenvalue weighted by Gasteiger charge is -2.02. The van der Waals surface area contributed by atoms with Gasteiger partial charge in [-0.1, -0.05) is 43.6 Å². The Balaban J connectivity index is 0.000000982. The summed E-state index contributed by atoms with van der Waals surface area (Å²) >= 11 is 0. The van der Waals surface area contributed by atoms with Crippen molar-refractivity contribution in [2.24, 2.45) is 0 Å². The van der Waals surface area contributed by atoms with Gasteiger partial charge in [-0.2, -0.15) is 0 Å². The first-order valence-electron chi connectivity index (χ1n) is 5.94. The third-order valence-electron chi connectivity index (χ3n) is 1.90. The summed E-state index contributed by atoms with van der Waals surface area (Å²) in [7, 11) is 4.85. The number of ketones is 2. The highest BCUT2D eigenvalue weighted by molar-refractivity contribution is 6.32. The van der Waals surface area contributed by atoms with Gasteiger partial charge in [0.15, 0.2) is 12.4 Å². The molecular formula is C14H17BO4. The molecule has 1 rings (SSSR count). The number of esters is 1. The van der Waals surface area contributed by atoms with E-state index < -0.39 is 11.8 Å². The fourth-order valence-corrected chi connectivity index (χ4v) is 1.12. The number of ether oxygens (including phenoxy) is 1. The van der Waals surface area contributed by atoms with E-state index in [2.05, 4.69) is 4.74 Å². The molecular weight excluding hydrogens is 243 g/mol. The molecule has 0 aliphatic carbocycles. The van der Waals surface area contributed by atoms with Gasteiger partial charge in [0.2, 0.25) is 5.78 Å². The summed E-state index contributed by atoms with van der Waals surface area (Å²) in [4.78, 5) is 32.7. The lowest BCUT2D eigenvalue weighted by Crippen LogP contribution is -2.20. The third-order valence-corrected chi connectivity index (χ3v) is 1.90. The molecule has 0 spiro atoms. The Hall–Kier alpha value is -1.91. The van der Waals surface area contributed by atoms with Gasteiger partial charge in [0, 0.05) is 13.3 Å². The minimum Gasteiger partial charge on any atom is -0.452 e. The third kappa shape index (κ3) is 8.77. The van der Waals surface area contributed by atoms with E-state index in [0.29, 0.717) is 0 Å². The Bertz CT molecular complexity index is 415. The summed E-state index contributed by atoms with van der Waals surface area (Å²) in [6.07, 6.45) is 0.950. The Labute approximate surface area is 114 Å². The average molecular weight is 260 g/mol. The molecule has 0 saturated heterocycles. The van der Waals surface area contributed by atoms with Crippen molar-refractivity contribution in [3.63, 3.8) is 0 Å². The van der Waals surface area contributed by atoms with E-state index in [4.69, 9.17) is 7.85 Å². The quantitative estimate of drug-likeness (QED) is 0.457. The Morgan fingerprint density at radius 3 is 2.16 bits per heavy atom. The number of carbonyl (C=O) groups is 3. The molecule has 0 heterocycles. The van der Waals surface area contributed by atoms with Crippen LogP contribution in [0.1, 0.15) is 19.4 Å². The summed E-state index contributed by atoms with van der Waals surface area (Å²) in [6.45, 7) is 2.65. The zero-order valence-electron chi connectivity index (χ0n) is 11.2. The molecule has 0 unspecified atom stereocenters. The maximum absolute atomic E-state index is 11.4. The van der Waals surface area contributed by atoms with Crippen molar-refractivity contribution >= 4 is 25.4 Å². The molecule has 0 aliphatic rings. The van der Waals surface area contributed by atoms with Gasteiger partial charge in [-0.25, -0.2) is 4.79 Å². The highest BCUT2D eigenvalue weighted by Crippen LogP contribution is 2.00. The standard InChI is InChI=1S/C12H12O4.C2H5B/c1-9(13)12(15)16-8-11(14)7-10-5-3-2-4-6-10;1-2-3/h2-6H,7-8H2,1H3;2H2,1H3. The van der Waals surface area contributed by atoms with Crippen molar-refractivity contribution in [1.82, 2.24) is 0 Å². The van der Waals surface area contributed by atoms with E-state index in [1.807, 2.05) is 37.3 Å². The number of rotatable bonds is 5. The molecule has 0 atom stereocenters. The summed E-state index contributed by atoms with van der Waals surface area (Å²) in [5.74, 6) is -1.91. The van der Waals surface area contributed by atoms with Crippen LogP contribution in [0.15, 0.2) is 30.3 Å². The molecule has 0 amide bonds. The van der Waals surface area contributed by atoms with E-state index in [9.17, 15) is 14.4 Å². The van der Waals surface area contributed by atoms with Crippen LogP contribution in [0.5, 0.6) is 0 Å². The van der Waals surface area contributed by atoms with Crippen LogP contribution in [0.2, 0.25) is 6.32 Å². The molecule has 1 aromatic rings. The minimum absolute atomic E-state index is 0.200. The number of Topliss-reactive ketones (excluding diaryl/α,β-unsaturated/α-hetero) is 2. The number of hydrogen-bond acceptors (Lipinski definition) is 4. The van der Waals surface area contributed by atoms with Crippen molar-refractivity contribution in [2.45, 2.75) is 26.6 Å². The summed E-state index contributed by atoms with van der Waals surface area (Å²) < 4.78 is 4.50. The highest BCUT2D eigenvalue weighted by atomic mass is 16.5. The first kappa shape index (κ1) is 17.1. The number of carbonyl (C=O) groups excluding carboxylic acids is 3. The Kier molecular flexibility index (Phi) is 9.05. The predicted molar refractivity (Wildman–Crippen MR) is 73.0 cm³/mol. The van der Waals surface area contributed by atoms with Crippen LogP contribution < -0.4 is 0 Å². The van der Waals surface area contributed by atoms with Gasteiger partial charge >= 0.3 is 5.97 Å². The van der Waals surface area contributed by atoms with Crippen LogP contribution in [0.25, 0.3) is 0 Å². The van der Waals surface area contributed by atoms with Crippen molar-refractivity contribution in [2.75, 3.05) is 6.61 Å². The molecule has 19 heavy (non-hydrogen) atoms. The van der Waals surface area contributed by atoms with Crippen LogP contribution in [-0.4, -0.2) is 32.0 Å². The fraction of sp³-hybridized carbons (Fsp3) is 0.357. The number of hydrogen-bond donors (Lipinski definition) is 0. The van der Waals surface area contributed by atoms with Gasteiger partial charge in [0.05, 0.1) is 7.85 Å². The smallest absolute Gasteiger partial charge is 0.374 e. The second-order valence-corrected chi connectivity index (χ2v) is 3.74. The monoisotopic (exact) mass is 260 g/mol. The summed E-state index contributed by atoms with van der Waals surface area (Å²) in [5, 5.41) is 0. The molecule has 1 aromatic carbocycles. The topological polar surface area (TPSA) is 60.4 Å². The molecule has 4 nitrogen and oxygen atoms in total. The lowest BCUT2D eigenvalue weighted by atomic mass is 10.1. The molecule has 2 radical (unpaired) electrons. The van der Waals surface area contributed by atoms with Gasteiger partial charge in [0.1, 0.15) is 0 Å². The summed E-state index contributed by atoms with van der Waals surface area (Å²) in [6, 6.07) is 9.12. The fourth-order valence-electron chi connectivity index (χ4n) is 1.12. The lowest BCUT2D eigenvalue weighted by molar-refractivity contribution is -0.154. The Morgan fingerprint density at radius 2 is 1.68 bits per heavy atom. The highest BCUT2D eigenvalue weighted by Gasteiger charge is 2.11. The first-order chi connectivity index (χ1) is 9.01. The van der Waals surface area contributed by atoms with Crippen molar-refractivity contribution in [1.29, 1.82) is 0 Å². The van der Waals surface area contributed by atoms with E-state index in [0.717, 1.165) is 18.8 Å². The van der Waals surface area contributed by atoms with Crippen LogP contribution in [0.3, 0.4) is 0 Å². The van der Waals surface area contributed by atoms with Crippen LogP contribution >= 0.6 is 0 Å². The second-order valence-electron chi connectivity index (χ2n) is 3.74. The van der Waals surface area contributed by atoms with E-state index >= 15 is 0 Å². The molecule has 0 fully saturated rings. The maximum Gasteiger partial charge on any atom is 0.374 e. The second kappa shape index (κ2) is 10.1. The van der Waals surface area contributed by atoms with Crippen molar-refractivity contribution in [3.05, 3.63) is 35.9 Å². The first-order valence-corrected chi connectivity index (χ1v) is 5.94. The molecule has 0 aliphatic heterocycles. The normalized spacial score (nSPS) is 8.95. The molecule has 0 bridgehead atoms.